The highest BCUT2D eigenvalue weighted by atomic mass is 32.1. The SMILES string of the molecule is O=C1CCC(N2C(=O)c3ccc(N4CCN(CCC5CCN(c6ccc(/C=C/c7cc(-c8nccs8)on7)cc6)CC5)CC4)cc3C2=O)C(=O)N1. The lowest BCUT2D eigenvalue weighted by molar-refractivity contribution is -0.136. The minimum Gasteiger partial charge on any atom is -0.372 e. The normalized spacial score (nSPS) is 20.5. The molecule has 4 aliphatic rings. The Morgan fingerprint density at radius 2 is 1.57 bits per heavy atom. The topological polar surface area (TPSA) is 132 Å². The Bertz CT molecular complexity index is 1960. The minimum absolute atomic E-state index is 0.106. The van der Waals surface area contributed by atoms with Crippen LogP contribution in [-0.2, 0) is 9.59 Å². The summed E-state index contributed by atoms with van der Waals surface area (Å²) in [7, 11) is 0. The van der Waals surface area contributed by atoms with Gasteiger partial charge in [-0.05, 0) is 80.1 Å². The van der Waals surface area contributed by atoms with Crippen molar-refractivity contribution >= 4 is 58.5 Å². The molecule has 1 unspecified atom stereocenters. The van der Waals surface area contributed by atoms with Crippen molar-refractivity contribution in [3.63, 3.8) is 0 Å². The van der Waals surface area contributed by atoms with Gasteiger partial charge in [0.05, 0.1) is 11.1 Å². The predicted octanol–water partition coefficient (Wildman–Crippen LogP) is 4.80. The van der Waals surface area contributed by atoms with Crippen molar-refractivity contribution in [1.82, 2.24) is 25.3 Å². The molecule has 4 aromatic rings. The lowest BCUT2D eigenvalue weighted by Crippen LogP contribution is -2.54. The number of carbonyl (C=O) groups excluding carboxylic acids is 4. The Hall–Kier alpha value is -5.14. The van der Waals surface area contributed by atoms with Crippen molar-refractivity contribution in [2.24, 2.45) is 5.92 Å². The largest absolute Gasteiger partial charge is 0.372 e. The maximum Gasteiger partial charge on any atom is 0.262 e. The van der Waals surface area contributed by atoms with E-state index < -0.39 is 23.8 Å². The zero-order valence-corrected chi connectivity index (χ0v) is 29.0. The minimum atomic E-state index is -0.953. The standard InChI is InChI=1S/C38H39N7O5S/c46-34-10-9-32(35(47)40-34)45-37(48)30-8-7-29(24-31(30)38(45)49)44-20-18-42(19-21-44)15-11-26-12-16-43(17-13-26)28-5-2-25(3-6-28)1-4-27-23-33(50-41-27)36-39-14-22-51-36/h1-8,14,22-24,26,32H,9-13,15-21H2,(H,40,46,47)/b4-1+. The van der Waals surface area contributed by atoms with Crippen LogP contribution in [-0.4, -0.2) is 95.4 Å². The van der Waals surface area contributed by atoms with Crippen molar-refractivity contribution < 1.29 is 23.7 Å². The van der Waals surface area contributed by atoms with Crippen LogP contribution in [0.5, 0.6) is 0 Å². The monoisotopic (exact) mass is 705 g/mol. The zero-order valence-electron chi connectivity index (χ0n) is 28.2. The van der Waals surface area contributed by atoms with E-state index in [0.29, 0.717) is 22.8 Å². The molecule has 262 valence electrons. The van der Waals surface area contributed by atoms with Crippen LogP contribution in [0.25, 0.3) is 22.9 Å². The van der Waals surface area contributed by atoms with Crippen LogP contribution in [0.3, 0.4) is 0 Å². The molecule has 3 fully saturated rings. The molecule has 1 atom stereocenters. The van der Waals surface area contributed by atoms with E-state index in [0.717, 1.165) is 72.7 Å². The number of anilines is 2. The van der Waals surface area contributed by atoms with Gasteiger partial charge in [-0.25, -0.2) is 4.98 Å². The van der Waals surface area contributed by atoms with Gasteiger partial charge in [-0.15, -0.1) is 11.3 Å². The number of fused-ring (bicyclic) bond motifs is 1. The molecule has 0 spiro atoms. The first-order valence-electron chi connectivity index (χ1n) is 17.6. The molecule has 4 aliphatic heterocycles. The molecule has 2 aromatic carbocycles. The van der Waals surface area contributed by atoms with Gasteiger partial charge < -0.3 is 14.3 Å². The highest BCUT2D eigenvalue weighted by Gasteiger charge is 2.44. The average molecular weight is 706 g/mol. The van der Waals surface area contributed by atoms with E-state index in [1.165, 1.54) is 36.3 Å². The van der Waals surface area contributed by atoms with Crippen LogP contribution in [0.4, 0.5) is 11.4 Å². The first kappa shape index (κ1) is 33.0. The van der Waals surface area contributed by atoms with Gasteiger partial charge in [-0.2, -0.15) is 0 Å². The summed E-state index contributed by atoms with van der Waals surface area (Å²) in [5, 5.41) is 9.12. The molecule has 51 heavy (non-hydrogen) atoms. The molecule has 0 radical (unpaired) electrons. The Labute approximate surface area is 299 Å². The second-order valence-corrected chi connectivity index (χ2v) is 14.5. The second kappa shape index (κ2) is 14.2. The highest BCUT2D eigenvalue weighted by molar-refractivity contribution is 7.13. The summed E-state index contributed by atoms with van der Waals surface area (Å²) in [5.41, 5.74) is 4.69. The number of hydrogen-bond donors (Lipinski definition) is 1. The number of piperazine rings is 1. The average Bonchev–Trinajstić information content (AvgIpc) is 3.92. The number of thiazole rings is 1. The molecule has 2 aromatic heterocycles. The van der Waals surface area contributed by atoms with E-state index in [4.69, 9.17) is 4.52 Å². The number of piperidine rings is 2. The second-order valence-electron chi connectivity index (χ2n) is 13.6. The van der Waals surface area contributed by atoms with Gasteiger partial charge >= 0.3 is 0 Å². The summed E-state index contributed by atoms with van der Waals surface area (Å²) >= 11 is 1.53. The van der Waals surface area contributed by atoms with Gasteiger partial charge in [-0.1, -0.05) is 23.4 Å². The van der Waals surface area contributed by atoms with E-state index in [1.54, 1.807) is 18.3 Å². The lowest BCUT2D eigenvalue weighted by atomic mass is 9.93. The summed E-state index contributed by atoms with van der Waals surface area (Å²) in [6.45, 7) is 6.76. The quantitative estimate of drug-likeness (QED) is 0.242. The van der Waals surface area contributed by atoms with Crippen molar-refractivity contribution in [1.29, 1.82) is 0 Å². The fourth-order valence-electron chi connectivity index (χ4n) is 7.52. The van der Waals surface area contributed by atoms with Crippen LogP contribution < -0.4 is 15.1 Å². The molecule has 6 heterocycles. The van der Waals surface area contributed by atoms with Crippen LogP contribution in [0.1, 0.15) is 64.1 Å². The molecule has 13 heteroatoms. The number of nitrogens with zero attached hydrogens (tertiary/aromatic N) is 6. The van der Waals surface area contributed by atoms with E-state index in [9.17, 15) is 19.2 Å². The summed E-state index contributed by atoms with van der Waals surface area (Å²) in [4.78, 5) is 62.9. The summed E-state index contributed by atoms with van der Waals surface area (Å²) in [6.07, 6.45) is 9.59. The maximum absolute atomic E-state index is 13.3. The number of nitrogens with one attached hydrogen (secondary N) is 1. The Morgan fingerprint density at radius 3 is 2.31 bits per heavy atom. The molecule has 0 aliphatic carbocycles. The first-order valence-corrected chi connectivity index (χ1v) is 18.5. The molecule has 0 saturated carbocycles. The number of benzene rings is 2. The Balaban J connectivity index is 0.775. The molecule has 1 N–H and O–H groups in total. The summed E-state index contributed by atoms with van der Waals surface area (Å²) < 4.78 is 5.42. The molecule has 4 amide bonds. The van der Waals surface area contributed by atoms with Gasteiger partial charge in [0.15, 0.2) is 10.8 Å². The van der Waals surface area contributed by atoms with Crippen molar-refractivity contribution in [2.45, 2.75) is 38.1 Å². The molecule has 12 nitrogen and oxygen atoms in total. The fraction of sp³-hybridized carbons (Fsp3) is 0.368. The van der Waals surface area contributed by atoms with Crippen molar-refractivity contribution in [3.8, 4) is 10.8 Å². The van der Waals surface area contributed by atoms with Gasteiger partial charge in [0.2, 0.25) is 11.8 Å². The van der Waals surface area contributed by atoms with E-state index >= 15 is 0 Å². The van der Waals surface area contributed by atoms with E-state index in [2.05, 4.69) is 54.4 Å². The van der Waals surface area contributed by atoms with E-state index in [-0.39, 0.29) is 18.7 Å². The summed E-state index contributed by atoms with van der Waals surface area (Å²) in [6, 6.07) is 15.0. The molecule has 8 rings (SSSR count). The van der Waals surface area contributed by atoms with Crippen LogP contribution >= 0.6 is 11.3 Å². The smallest absolute Gasteiger partial charge is 0.262 e. The van der Waals surface area contributed by atoms with Gasteiger partial charge in [-0.3, -0.25) is 34.3 Å². The van der Waals surface area contributed by atoms with Crippen molar-refractivity contribution in [2.75, 3.05) is 55.6 Å². The number of aromatic nitrogens is 2. The molecular weight excluding hydrogens is 667 g/mol. The lowest BCUT2D eigenvalue weighted by Gasteiger charge is -2.38. The van der Waals surface area contributed by atoms with Crippen LogP contribution in [0.2, 0.25) is 0 Å². The van der Waals surface area contributed by atoms with Gasteiger partial charge in [0.25, 0.3) is 11.8 Å². The number of hydrogen-bond acceptors (Lipinski definition) is 11. The number of amides is 4. The first-order chi connectivity index (χ1) is 24.9. The van der Waals surface area contributed by atoms with Gasteiger partial charge in [0.1, 0.15) is 11.7 Å². The highest BCUT2D eigenvalue weighted by Crippen LogP contribution is 2.32. The van der Waals surface area contributed by atoms with E-state index in [1.807, 2.05) is 29.7 Å². The van der Waals surface area contributed by atoms with Gasteiger partial charge in [0, 0.05) is 74.7 Å². The third-order valence-corrected chi connectivity index (χ3v) is 11.3. The number of rotatable bonds is 9. The zero-order chi connectivity index (χ0) is 34.9. The van der Waals surface area contributed by atoms with Crippen LogP contribution in [0.15, 0.2) is 64.6 Å². The maximum atomic E-state index is 13.3. The molecule has 3 saturated heterocycles. The fourth-order valence-corrected chi connectivity index (χ4v) is 8.11. The molecular formula is C38H39N7O5S. The number of carbonyl (C=O) groups is 4. The number of imide groups is 2. The van der Waals surface area contributed by atoms with Crippen LogP contribution in [0, 0.1) is 5.92 Å². The third kappa shape index (κ3) is 6.95. The Kier molecular flexibility index (Phi) is 9.22. The predicted molar refractivity (Wildman–Crippen MR) is 194 cm³/mol. The molecule has 0 bridgehead atoms. The Morgan fingerprint density at radius 1 is 0.824 bits per heavy atom. The van der Waals surface area contributed by atoms with Crippen molar-refractivity contribution in [3.05, 3.63) is 82.5 Å². The summed E-state index contributed by atoms with van der Waals surface area (Å²) in [5.74, 6) is -0.517. The third-order valence-electron chi connectivity index (χ3n) is 10.5.